The van der Waals surface area contributed by atoms with Crippen LogP contribution in [0.2, 0.25) is 0 Å². The molecule has 0 radical (unpaired) electrons. The van der Waals surface area contributed by atoms with Gasteiger partial charge in [-0.1, -0.05) is 0 Å². The number of nitro groups is 1. The van der Waals surface area contributed by atoms with E-state index in [1.807, 2.05) is 0 Å². The predicted molar refractivity (Wildman–Crippen MR) is 88.1 cm³/mol. The number of nitro benzene ring substituents is 1. The maximum atomic E-state index is 12.1. The summed E-state index contributed by atoms with van der Waals surface area (Å²) in [5, 5.41) is 25.9. The second-order valence-electron chi connectivity index (χ2n) is 6.60. The summed E-state index contributed by atoms with van der Waals surface area (Å²) in [6.07, 6.45) is 2.23. The second-order valence-corrected chi connectivity index (χ2v) is 6.60. The van der Waals surface area contributed by atoms with Crippen molar-refractivity contribution in [3.05, 3.63) is 33.9 Å². The quantitative estimate of drug-likeness (QED) is 0.495. The van der Waals surface area contributed by atoms with E-state index in [0.717, 1.165) is 12.8 Å². The Hall–Kier alpha value is -2.64. The van der Waals surface area contributed by atoms with Crippen molar-refractivity contribution in [2.75, 3.05) is 11.9 Å². The van der Waals surface area contributed by atoms with Crippen molar-refractivity contribution < 1.29 is 19.6 Å². The number of nitrogens with one attached hydrogen (secondary N) is 2. The molecule has 1 aliphatic rings. The number of rotatable bonds is 8. The Kier molecular flexibility index (Phi) is 5.06. The molecule has 0 bridgehead atoms. The van der Waals surface area contributed by atoms with Gasteiger partial charge in [0.2, 0.25) is 0 Å². The van der Waals surface area contributed by atoms with Gasteiger partial charge >= 0.3 is 5.97 Å². The second kappa shape index (κ2) is 6.86. The minimum atomic E-state index is -0.947. The Labute approximate surface area is 139 Å². The van der Waals surface area contributed by atoms with Crippen LogP contribution in [0.3, 0.4) is 0 Å². The molecule has 0 aromatic heterocycles. The first kappa shape index (κ1) is 17.7. The molecule has 1 amide bonds. The van der Waals surface area contributed by atoms with Crippen LogP contribution in [0.5, 0.6) is 0 Å². The van der Waals surface area contributed by atoms with Crippen LogP contribution in [0.15, 0.2) is 18.2 Å². The van der Waals surface area contributed by atoms with E-state index in [0.29, 0.717) is 5.69 Å². The molecule has 130 valence electrons. The van der Waals surface area contributed by atoms with Crippen LogP contribution in [0.4, 0.5) is 11.4 Å². The summed E-state index contributed by atoms with van der Waals surface area (Å²) in [5.74, 6) is -1.40. The normalized spacial score (nSPS) is 14.1. The van der Waals surface area contributed by atoms with E-state index >= 15 is 0 Å². The first-order valence-electron chi connectivity index (χ1n) is 7.77. The molecule has 0 aliphatic heterocycles. The zero-order chi connectivity index (χ0) is 17.9. The maximum absolute atomic E-state index is 12.1. The standard InChI is InChI=1S/C16H21N3O5/c1-16(2,15(21)22)7-8-17-14(20)10-3-6-12(18-11-4-5-11)13(9-10)19(23)24/h3,6,9,11,18H,4-5,7-8H2,1-2H3,(H,17,20)(H,21,22). The molecule has 8 heteroatoms. The SMILES string of the molecule is CC(C)(CCNC(=O)c1ccc(NC2CC2)c([N+](=O)[O-])c1)C(=O)O. The fourth-order valence-corrected chi connectivity index (χ4v) is 2.09. The summed E-state index contributed by atoms with van der Waals surface area (Å²) in [6.45, 7) is 3.32. The van der Waals surface area contributed by atoms with Crippen LogP contribution in [0.1, 0.15) is 43.5 Å². The third-order valence-corrected chi connectivity index (χ3v) is 4.01. The zero-order valence-corrected chi connectivity index (χ0v) is 13.7. The molecule has 1 aromatic carbocycles. The minimum Gasteiger partial charge on any atom is -0.481 e. The van der Waals surface area contributed by atoms with Gasteiger partial charge in [-0.15, -0.1) is 0 Å². The Morgan fingerprint density at radius 1 is 1.38 bits per heavy atom. The lowest BCUT2D eigenvalue weighted by Crippen LogP contribution is -2.32. The number of aliphatic carboxylic acids is 1. The molecule has 1 fully saturated rings. The lowest BCUT2D eigenvalue weighted by atomic mass is 9.90. The number of carbonyl (C=O) groups is 2. The molecule has 1 saturated carbocycles. The minimum absolute atomic E-state index is 0.139. The van der Waals surface area contributed by atoms with Gasteiger partial charge in [-0.2, -0.15) is 0 Å². The van der Waals surface area contributed by atoms with Crippen molar-refractivity contribution in [1.82, 2.24) is 5.32 Å². The summed E-state index contributed by atoms with van der Waals surface area (Å²) in [4.78, 5) is 33.8. The number of hydrogen-bond acceptors (Lipinski definition) is 5. The van der Waals surface area contributed by atoms with Gasteiger partial charge in [-0.25, -0.2) is 0 Å². The number of carbonyl (C=O) groups excluding carboxylic acids is 1. The van der Waals surface area contributed by atoms with Crippen molar-refractivity contribution >= 4 is 23.3 Å². The number of anilines is 1. The molecular weight excluding hydrogens is 314 g/mol. The molecule has 0 atom stereocenters. The average molecular weight is 335 g/mol. The van der Waals surface area contributed by atoms with Crippen LogP contribution in [0, 0.1) is 15.5 Å². The van der Waals surface area contributed by atoms with Crippen molar-refractivity contribution in [3.63, 3.8) is 0 Å². The number of carboxylic acids is 1. The first-order valence-corrected chi connectivity index (χ1v) is 7.77. The molecule has 2 rings (SSSR count). The Bertz CT molecular complexity index is 668. The Balaban J connectivity index is 2.02. The fraction of sp³-hybridized carbons (Fsp3) is 0.500. The van der Waals surface area contributed by atoms with Gasteiger partial charge in [-0.3, -0.25) is 19.7 Å². The highest BCUT2D eigenvalue weighted by atomic mass is 16.6. The number of amides is 1. The smallest absolute Gasteiger partial charge is 0.309 e. The lowest BCUT2D eigenvalue weighted by molar-refractivity contribution is -0.384. The molecule has 8 nitrogen and oxygen atoms in total. The Morgan fingerprint density at radius 3 is 2.58 bits per heavy atom. The summed E-state index contributed by atoms with van der Waals surface area (Å²) in [7, 11) is 0. The van der Waals surface area contributed by atoms with Gasteiger partial charge < -0.3 is 15.7 Å². The summed E-state index contributed by atoms with van der Waals surface area (Å²) in [5.41, 5.74) is -0.500. The maximum Gasteiger partial charge on any atom is 0.309 e. The van der Waals surface area contributed by atoms with Gasteiger partial charge in [0.15, 0.2) is 0 Å². The van der Waals surface area contributed by atoms with E-state index in [9.17, 15) is 19.7 Å². The molecule has 0 saturated heterocycles. The molecule has 3 N–H and O–H groups in total. The predicted octanol–water partition coefficient (Wildman–Crippen LogP) is 2.40. The number of carboxylic acid groups (broad SMARTS) is 1. The van der Waals surface area contributed by atoms with E-state index in [1.54, 1.807) is 13.8 Å². The summed E-state index contributed by atoms with van der Waals surface area (Å²) < 4.78 is 0. The molecule has 0 heterocycles. The number of benzene rings is 1. The van der Waals surface area contributed by atoms with Crippen LogP contribution in [0.25, 0.3) is 0 Å². The van der Waals surface area contributed by atoms with Gasteiger partial charge in [0.1, 0.15) is 5.69 Å². The topological polar surface area (TPSA) is 122 Å². The molecular formula is C16H21N3O5. The largest absolute Gasteiger partial charge is 0.481 e. The lowest BCUT2D eigenvalue weighted by Gasteiger charge is -2.18. The number of hydrogen-bond donors (Lipinski definition) is 3. The monoisotopic (exact) mass is 335 g/mol. The molecule has 1 aliphatic carbocycles. The van der Waals surface area contributed by atoms with Crippen LogP contribution >= 0.6 is 0 Å². The zero-order valence-electron chi connectivity index (χ0n) is 13.7. The molecule has 24 heavy (non-hydrogen) atoms. The van der Waals surface area contributed by atoms with Crippen LogP contribution < -0.4 is 10.6 Å². The van der Waals surface area contributed by atoms with Crippen LogP contribution in [-0.4, -0.2) is 34.5 Å². The van der Waals surface area contributed by atoms with Gasteiger partial charge in [0.25, 0.3) is 11.6 Å². The van der Waals surface area contributed by atoms with E-state index in [2.05, 4.69) is 10.6 Å². The first-order chi connectivity index (χ1) is 11.2. The van der Waals surface area contributed by atoms with E-state index in [4.69, 9.17) is 5.11 Å². The number of nitrogens with zero attached hydrogens (tertiary/aromatic N) is 1. The Morgan fingerprint density at radius 2 is 2.04 bits per heavy atom. The van der Waals surface area contributed by atoms with Crippen molar-refractivity contribution in [2.24, 2.45) is 5.41 Å². The third kappa shape index (κ3) is 4.43. The van der Waals surface area contributed by atoms with E-state index < -0.39 is 22.2 Å². The third-order valence-electron chi connectivity index (χ3n) is 4.01. The highest BCUT2D eigenvalue weighted by Gasteiger charge is 2.27. The molecule has 0 spiro atoms. The fourth-order valence-electron chi connectivity index (χ4n) is 2.09. The van der Waals surface area contributed by atoms with Gasteiger partial charge in [-0.05, 0) is 45.2 Å². The van der Waals surface area contributed by atoms with E-state index in [1.165, 1.54) is 18.2 Å². The van der Waals surface area contributed by atoms with Gasteiger partial charge in [0.05, 0.1) is 10.3 Å². The highest BCUT2D eigenvalue weighted by Crippen LogP contribution is 2.31. The molecule has 1 aromatic rings. The van der Waals surface area contributed by atoms with Crippen molar-refractivity contribution in [3.8, 4) is 0 Å². The summed E-state index contributed by atoms with van der Waals surface area (Å²) in [6, 6.07) is 4.56. The molecule has 0 unspecified atom stereocenters. The van der Waals surface area contributed by atoms with Crippen LogP contribution in [-0.2, 0) is 4.79 Å². The summed E-state index contributed by atoms with van der Waals surface area (Å²) >= 11 is 0. The van der Waals surface area contributed by atoms with Gasteiger partial charge in [0, 0.05) is 24.2 Å². The van der Waals surface area contributed by atoms with Crippen molar-refractivity contribution in [1.29, 1.82) is 0 Å². The average Bonchev–Trinajstić information content (AvgIpc) is 3.30. The highest BCUT2D eigenvalue weighted by molar-refractivity contribution is 5.95. The van der Waals surface area contributed by atoms with E-state index in [-0.39, 0.29) is 30.3 Å². The van der Waals surface area contributed by atoms with Crippen molar-refractivity contribution in [2.45, 2.75) is 39.2 Å².